The number of rotatable bonds is 2. The van der Waals surface area contributed by atoms with Crippen LogP contribution in [-0.2, 0) is 0 Å². The third kappa shape index (κ3) is 1.86. The van der Waals surface area contributed by atoms with Crippen LogP contribution in [0.15, 0.2) is 54.6 Å². The normalized spacial score (nSPS) is 21.3. The Morgan fingerprint density at radius 1 is 1.05 bits per heavy atom. The summed E-state index contributed by atoms with van der Waals surface area (Å²) in [6.07, 6.45) is 0.821. The minimum atomic E-state index is -0.410. The van der Waals surface area contributed by atoms with Crippen molar-refractivity contribution in [2.24, 2.45) is 0 Å². The number of amides is 1. The molecule has 3 rings (SSSR count). The van der Waals surface area contributed by atoms with E-state index in [1.165, 1.54) is 0 Å². The van der Waals surface area contributed by atoms with E-state index in [1.807, 2.05) is 59.5 Å². The van der Waals surface area contributed by atoms with Crippen LogP contribution in [0.5, 0.6) is 0 Å². The van der Waals surface area contributed by atoms with E-state index in [1.54, 1.807) is 0 Å². The van der Waals surface area contributed by atoms with Gasteiger partial charge in [0.25, 0.3) is 5.91 Å². The second-order valence-electron chi connectivity index (χ2n) is 5.27. The summed E-state index contributed by atoms with van der Waals surface area (Å²) in [4.78, 5) is 14.7. The summed E-state index contributed by atoms with van der Waals surface area (Å²) in [7, 11) is 0. The van der Waals surface area contributed by atoms with Crippen molar-refractivity contribution in [3.8, 4) is 0 Å². The molecule has 20 heavy (non-hydrogen) atoms. The molecule has 3 heteroatoms. The van der Waals surface area contributed by atoms with E-state index in [0.717, 1.165) is 23.4 Å². The van der Waals surface area contributed by atoms with Crippen LogP contribution >= 0.6 is 0 Å². The molecule has 3 nitrogen and oxygen atoms in total. The number of anilines is 2. The molecule has 0 saturated carbocycles. The van der Waals surface area contributed by atoms with E-state index in [9.17, 15) is 4.79 Å². The van der Waals surface area contributed by atoms with Gasteiger partial charge < -0.3 is 5.32 Å². The van der Waals surface area contributed by atoms with Gasteiger partial charge in [0.2, 0.25) is 0 Å². The average Bonchev–Trinajstić information content (AvgIpc) is 2.48. The fourth-order valence-corrected chi connectivity index (χ4v) is 2.69. The Kier molecular flexibility index (Phi) is 2.97. The summed E-state index contributed by atoms with van der Waals surface area (Å²) in [5.74, 6) is 0.0508. The van der Waals surface area contributed by atoms with Crippen LogP contribution in [0.1, 0.15) is 30.6 Å². The molecule has 1 aliphatic heterocycles. The van der Waals surface area contributed by atoms with Crippen LogP contribution in [0, 0.1) is 0 Å². The third-order valence-corrected chi connectivity index (χ3v) is 3.96. The molecule has 0 aliphatic carbocycles. The number of nitrogens with zero attached hydrogens (tertiary/aromatic N) is 1. The first-order chi connectivity index (χ1) is 9.65. The maximum Gasteiger partial charge on any atom is 0.262 e. The van der Waals surface area contributed by atoms with E-state index in [2.05, 4.69) is 19.2 Å². The number of fused-ring (bicyclic) bond motifs is 1. The van der Waals surface area contributed by atoms with Crippen LogP contribution in [0.2, 0.25) is 0 Å². The summed E-state index contributed by atoms with van der Waals surface area (Å²) < 4.78 is 0. The number of benzene rings is 2. The predicted molar refractivity (Wildman–Crippen MR) is 82.0 cm³/mol. The van der Waals surface area contributed by atoms with E-state index in [-0.39, 0.29) is 5.91 Å². The van der Waals surface area contributed by atoms with Crippen molar-refractivity contribution in [1.82, 2.24) is 0 Å². The average molecular weight is 266 g/mol. The zero-order valence-corrected chi connectivity index (χ0v) is 11.8. The highest BCUT2D eigenvalue weighted by Crippen LogP contribution is 2.36. The Balaban J connectivity index is 2.15. The Morgan fingerprint density at radius 3 is 2.40 bits per heavy atom. The Bertz CT molecular complexity index is 638. The van der Waals surface area contributed by atoms with Gasteiger partial charge in [-0.1, -0.05) is 37.3 Å². The van der Waals surface area contributed by atoms with Crippen molar-refractivity contribution in [3.05, 3.63) is 60.2 Å². The van der Waals surface area contributed by atoms with Crippen molar-refractivity contribution in [3.63, 3.8) is 0 Å². The summed E-state index contributed by atoms with van der Waals surface area (Å²) in [6.45, 7) is 4.15. The van der Waals surface area contributed by atoms with Gasteiger partial charge in [0.1, 0.15) is 5.66 Å². The van der Waals surface area contributed by atoms with E-state index < -0.39 is 5.66 Å². The van der Waals surface area contributed by atoms with Gasteiger partial charge in [-0.25, -0.2) is 0 Å². The highest BCUT2D eigenvalue weighted by molar-refractivity contribution is 6.12. The fourth-order valence-electron chi connectivity index (χ4n) is 2.69. The smallest absolute Gasteiger partial charge is 0.262 e. The second kappa shape index (κ2) is 4.67. The summed E-state index contributed by atoms with van der Waals surface area (Å²) in [5, 5.41) is 3.51. The minimum absolute atomic E-state index is 0.0508. The molecule has 1 amide bonds. The van der Waals surface area contributed by atoms with Crippen LogP contribution in [0.25, 0.3) is 0 Å². The maximum absolute atomic E-state index is 12.9. The summed E-state index contributed by atoms with van der Waals surface area (Å²) >= 11 is 0. The third-order valence-electron chi connectivity index (χ3n) is 3.96. The topological polar surface area (TPSA) is 32.3 Å². The number of nitrogens with one attached hydrogen (secondary N) is 1. The first kappa shape index (κ1) is 12.7. The van der Waals surface area contributed by atoms with Crippen molar-refractivity contribution in [1.29, 1.82) is 0 Å². The zero-order chi connectivity index (χ0) is 14.2. The summed E-state index contributed by atoms with van der Waals surface area (Å²) in [6, 6.07) is 17.5. The van der Waals surface area contributed by atoms with Gasteiger partial charge in [-0.05, 0) is 37.6 Å². The molecule has 0 radical (unpaired) electrons. The van der Waals surface area contributed by atoms with Gasteiger partial charge in [-0.15, -0.1) is 0 Å². The van der Waals surface area contributed by atoms with E-state index in [4.69, 9.17) is 0 Å². The molecule has 0 unspecified atom stereocenters. The first-order valence-electron chi connectivity index (χ1n) is 6.92. The van der Waals surface area contributed by atoms with Crippen LogP contribution in [-0.4, -0.2) is 11.6 Å². The quantitative estimate of drug-likeness (QED) is 0.894. The molecule has 1 heterocycles. The molecule has 2 aromatic rings. The Morgan fingerprint density at radius 2 is 1.70 bits per heavy atom. The zero-order valence-electron chi connectivity index (χ0n) is 11.8. The standard InChI is InChI=1S/C17H18N2O/c1-3-17(2)18-15-12-8-7-11-14(15)16(20)19(17)13-9-5-4-6-10-13/h4-12,18H,3H2,1-2H3/t17-/m0/s1. The number of carbonyl (C=O) groups is 1. The molecular formula is C17H18N2O. The number of para-hydroxylation sites is 2. The molecular weight excluding hydrogens is 248 g/mol. The van der Waals surface area contributed by atoms with Gasteiger partial charge in [0.15, 0.2) is 0 Å². The molecule has 0 aromatic heterocycles. The van der Waals surface area contributed by atoms with Gasteiger partial charge in [-0.2, -0.15) is 0 Å². The van der Waals surface area contributed by atoms with Crippen LogP contribution < -0.4 is 10.2 Å². The lowest BCUT2D eigenvalue weighted by atomic mass is 9.97. The van der Waals surface area contributed by atoms with Gasteiger partial charge in [0, 0.05) is 11.4 Å². The highest BCUT2D eigenvalue weighted by atomic mass is 16.2. The Hall–Kier alpha value is -2.29. The highest BCUT2D eigenvalue weighted by Gasteiger charge is 2.40. The van der Waals surface area contributed by atoms with Crippen LogP contribution in [0.4, 0.5) is 11.4 Å². The monoisotopic (exact) mass is 266 g/mol. The first-order valence-corrected chi connectivity index (χ1v) is 6.92. The summed E-state index contributed by atoms with van der Waals surface area (Å²) in [5.41, 5.74) is 2.15. The minimum Gasteiger partial charge on any atom is -0.362 e. The molecule has 0 bridgehead atoms. The fraction of sp³-hybridized carbons (Fsp3) is 0.235. The molecule has 1 aliphatic rings. The Labute approximate surface area is 119 Å². The molecule has 0 spiro atoms. The van der Waals surface area contributed by atoms with Gasteiger partial charge in [-0.3, -0.25) is 9.69 Å². The molecule has 1 N–H and O–H groups in total. The van der Waals surface area contributed by atoms with Crippen LogP contribution in [0.3, 0.4) is 0 Å². The molecule has 0 saturated heterocycles. The number of hydrogen-bond donors (Lipinski definition) is 1. The largest absolute Gasteiger partial charge is 0.362 e. The van der Waals surface area contributed by atoms with Crippen molar-refractivity contribution < 1.29 is 4.79 Å². The van der Waals surface area contributed by atoms with Gasteiger partial charge >= 0.3 is 0 Å². The predicted octanol–water partition coefficient (Wildman–Crippen LogP) is 3.89. The molecule has 102 valence electrons. The SMILES string of the molecule is CC[C@@]1(C)Nc2ccccc2C(=O)N1c1ccccc1. The maximum atomic E-state index is 12.9. The molecule has 2 aromatic carbocycles. The molecule has 0 fully saturated rings. The van der Waals surface area contributed by atoms with Gasteiger partial charge in [0.05, 0.1) is 5.56 Å². The number of carbonyl (C=O) groups excluding carboxylic acids is 1. The number of hydrogen-bond acceptors (Lipinski definition) is 2. The van der Waals surface area contributed by atoms with Crippen molar-refractivity contribution in [2.75, 3.05) is 10.2 Å². The lowest BCUT2D eigenvalue weighted by Crippen LogP contribution is -2.58. The van der Waals surface area contributed by atoms with E-state index >= 15 is 0 Å². The van der Waals surface area contributed by atoms with E-state index in [0.29, 0.717) is 0 Å². The lowest BCUT2D eigenvalue weighted by molar-refractivity contribution is 0.0956. The van der Waals surface area contributed by atoms with Crippen molar-refractivity contribution >= 4 is 17.3 Å². The van der Waals surface area contributed by atoms with Crippen molar-refractivity contribution in [2.45, 2.75) is 25.9 Å². The molecule has 1 atom stereocenters. The second-order valence-corrected chi connectivity index (χ2v) is 5.27. The lowest BCUT2D eigenvalue weighted by Gasteiger charge is -2.46.